The summed E-state index contributed by atoms with van der Waals surface area (Å²) in [6.45, 7) is 1.74. The standard InChI is InChI=1S/C53H36BN6.Pt/c1-5-18-39(19-6-1)51-50(52(40-20-7-2-8-21-40)60(56-51)44-26-11-4-12-27-44)54(41-22-15-28-45(36-41)58-35-34-57(38-58)43-24-9-3-10-25-43)42-23-16-29-46(37-42)59-49-32-14-13-30-47(49)48-31-17-33-55-53(48)59;/h1-35,38H;/q-3;. The molecule has 61 heavy (non-hydrogen) atoms. The minimum Gasteiger partial charge on any atom is -0.500 e. The van der Waals surface area contributed by atoms with E-state index in [1.54, 1.807) is 0 Å². The molecule has 0 spiro atoms. The van der Waals surface area contributed by atoms with E-state index in [-0.39, 0.29) is 27.8 Å². The van der Waals surface area contributed by atoms with Gasteiger partial charge >= 0.3 is 0 Å². The van der Waals surface area contributed by atoms with Gasteiger partial charge in [0.2, 0.25) is 0 Å². The van der Waals surface area contributed by atoms with E-state index in [1.165, 1.54) is 0 Å². The van der Waals surface area contributed by atoms with Crippen LogP contribution in [-0.2, 0) is 21.1 Å². The van der Waals surface area contributed by atoms with Gasteiger partial charge in [-0.1, -0.05) is 121 Å². The number of pyridine rings is 1. The number of hydrogen-bond donors (Lipinski definition) is 0. The maximum atomic E-state index is 5.54. The average Bonchev–Trinajstić information content (AvgIpc) is 4.06. The molecule has 6 nitrogen and oxygen atoms in total. The van der Waals surface area contributed by atoms with Crippen LogP contribution in [0.5, 0.6) is 0 Å². The second-order valence-electron chi connectivity index (χ2n) is 14.8. The summed E-state index contributed by atoms with van der Waals surface area (Å²) in [7, 11) is 0. The number of rotatable bonds is 9. The fourth-order valence-corrected chi connectivity index (χ4v) is 8.48. The Bertz CT molecular complexity index is 3090. The molecule has 8 heteroatoms. The maximum Gasteiger partial charge on any atom is 0.197 e. The fourth-order valence-electron chi connectivity index (χ4n) is 8.48. The summed E-state index contributed by atoms with van der Waals surface area (Å²) in [5, 5.41) is 7.79. The number of benzene rings is 7. The predicted octanol–water partition coefficient (Wildman–Crippen LogP) is 9.73. The van der Waals surface area contributed by atoms with E-state index in [4.69, 9.17) is 10.1 Å². The van der Waals surface area contributed by atoms with Crippen molar-refractivity contribution in [2.75, 3.05) is 9.80 Å². The number of aromatic nitrogens is 4. The van der Waals surface area contributed by atoms with Crippen molar-refractivity contribution in [3.05, 3.63) is 232 Å². The van der Waals surface area contributed by atoms with Crippen molar-refractivity contribution in [2.45, 2.75) is 0 Å². The predicted molar refractivity (Wildman–Crippen MR) is 247 cm³/mol. The van der Waals surface area contributed by atoms with Crippen molar-refractivity contribution in [3.8, 4) is 33.9 Å². The largest absolute Gasteiger partial charge is 0.500 e. The van der Waals surface area contributed by atoms with Gasteiger partial charge in [-0.3, -0.25) is 0 Å². The van der Waals surface area contributed by atoms with E-state index < -0.39 is 0 Å². The second kappa shape index (κ2) is 16.4. The Hall–Kier alpha value is -7.21. The minimum atomic E-state index is -0.356. The molecular weight excluding hydrogens is 927 g/mol. The summed E-state index contributed by atoms with van der Waals surface area (Å²) in [4.78, 5) is 9.17. The van der Waals surface area contributed by atoms with Gasteiger partial charge in [-0.25, -0.2) is 9.67 Å². The molecule has 0 atom stereocenters. The smallest absolute Gasteiger partial charge is 0.197 e. The quantitative estimate of drug-likeness (QED) is 0.107. The van der Waals surface area contributed by atoms with Gasteiger partial charge in [-0.2, -0.15) is 58.5 Å². The Kier molecular flexibility index (Phi) is 10.3. The Labute approximate surface area is 370 Å². The molecule has 0 radical (unpaired) electrons. The molecule has 4 heterocycles. The van der Waals surface area contributed by atoms with Gasteiger partial charge in [0.1, 0.15) is 5.65 Å². The fraction of sp³-hybridized carbons (Fsp3) is 0. The first-order chi connectivity index (χ1) is 29.8. The first kappa shape index (κ1) is 38.0. The van der Waals surface area contributed by atoms with Crippen LogP contribution in [0.25, 0.3) is 55.8 Å². The molecular formula is C53H36BN6Pt-3. The summed E-state index contributed by atoms with van der Waals surface area (Å²) in [6.07, 6.45) is 6.02. The monoisotopic (exact) mass is 962 g/mol. The van der Waals surface area contributed by atoms with Gasteiger partial charge in [0.15, 0.2) is 6.71 Å². The third kappa shape index (κ3) is 6.97. The van der Waals surface area contributed by atoms with Gasteiger partial charge in [-0.15, -0.1) is 18.4 Å². The average molecular weight is 963 g/mol. The molecule has 294 valence electrons. The number of fused-ring (bicyclic) bond motifs is 3. The molecule has 10 aromatic rings. The zero-order valence-electron chi connectivity index (χ0n) is 32.9. The molecule has 1 aliphatic heterocycles. The molecule has 1 aliphatic rings. The van der Waals surface area contributed by atoms with E-state index in [2.05, 4.69) is 226 Å². The molecule has 0 saturated carbocycles. The summed E-state index contributed by atoms with van der Waals surface area (Å²) >= 11 is 0. The first-order valence-corrected chi connectivity index (χ1v) is 20.1. The number of nitrogens with zero attached hydrogens (tertiary/aromatic N) is 6. The van der Waals surface area contributed by atoms with Crippen LogP contribution in [0.15, 0.2) is 213 Å². The van der Waals surface area contributed by atoms with Gasteiger partial charge in [0.05, 0.1) is 22.6 Å². The molecule has 0 bridgehead atoms. The van der Waals surface area contributed by atoms with E-state index in [9.17, 15) is 0 Å². The molecule has 0 saturated heterocycles. The Balaban J connectivity index is 0.00000445. The summed E-state index contributed by atoms with van der Waals surface area (Å²) in [6, 6.07) is 75.4. The Morgan fingerprint density at radius 3 is 1.79 bits per heavy atom. The van der Waals surface area contributed by atoms with Crippen molar-refractivity contribution >= 4 is 56.4 Å². The summed E-state index contributed by atoms with van der Waals surface area (Å²) in [5.74, 6) is 0. The molecule has 0 aliphatic carbocycles. The Morgan fingerprint density at radius 2 is 1.07 bits per heavy atom. The van der Waals surface area contributed by atoms with Crippen LogP contribution in [0.4, 0.5) is 11.4 Å². The molecule has 3 aromatic heterocycles. The number of hydrogen-bond acceptors (Lipinski definition) is 4. The van der Waals surface area contributed by atoms with Gasteiger partial charge in [-0.05, 0) is 65.9 Å². The van der Waals surface area contributed by atoms with E-state index >= 15 is 0 Å². The number of para-hydroxylation sites is 3. The van der Waals surface area contributed by atoms with Gasteiger partial charge in [0.25, 0.3) is 0 Å². The van der Waals surface area contributed by atoms with Crippen LogP contribution in [0.3, 0.4) is 0 Å². The normalized spacial score (nSPS) is 12.3. The van der Waals surface area contributed by atoms with Crippen molar-refractivity contribution in [2.24, 2.45) is 0 Å². The van der Waals surface area contributed by atoms with E-state index in [0.29, 0.717) is 0 Å². The zero-order valence-corrected chi connectivity index (χ0v) is 35.1. The van der Waals surface area contributed by atoms with Crippen LogP contribution in [0.2, 0.25) is 0 Å². The molecule has 0 amide bonds. The maximum absolute atomic E-state index is 5.54. The molecule has 0 N–H and O–H groups in total. The Morgan fingerprint density at radius 1 is 0.492 bits per heavy atom. The summed E-state index contributed by atoms with van der Waals surface area (Å²) in [5.41, 5.74) is 12.9. The van der Waals surface area contributed by atoms with Gasteiger partial charge < -0.3 is 14.4 Å². The van der Waals surface area contributed by atoms with Gasteiger partial charge in [0, 0.05) is 49.3 Å². The third-order valence-electron chi connectivity index (χ3n) is 11.2. The van der Waals surface area contributed by atoms with Crippen LogP contribution in [-0.4, -0.2) is 26.0 Å². The molecule has 7 aromatic carbocycles. The van der Waals surface area contributed by atoms with E-state index in [0.717, 1.165) is 83.6 Å². The zero-order chi connectivity index (χ0) is 39.8. The van der Waals surface area contributed by atoms with E-state index in [1.807, 2.05) is 24.4 Å². The van der Waals surface area contributed by atoms with Crippen molar-refractivity contribution in [1.82, 2.24) is 19.3 Å². The van der Waals surface area contributed by atoms with Crippen LogP contribution >= 0.6 is 0 Å². The number of anilines is 2. The molecule has 0 unspecified atom stereocenters. The summed E-state index contributed by atoms with van der Waals surface area (Å²) < 4.78 is 4.34. The van der Waals surface area contributed by atoms with Crippen molar-refractivity contribution in [3.63, 3.8) is 0 Å². The van der Waals surface area contributed by atoms with Crippen molar-refractivity contribution in [1.29, 1.82) is 0 Å². The molecule has 0 fully saturated rings. The second-order valence-corrected chi connectivity index (χ2v) is 14.8. The van der Waals surface area contributed by atoms with Crippen LogP contribution in [0.1, 0.15) is 0 Å². The van der Waals surface area contributed by atoms with Crippen molar-refractivity contribution < 1.29 is 21.1 Å². The van der Waals surface area contributed by atoms with Crippen LogP contribution < -0.4 is 26.2 Å². The topological polar surface area (TPSA) is 42.1 Å². The third-order valence-corrected chi connectivity index (χ3v) is 11.2. The minimum absolute atomic E-state index is 0. The van der Waals surface area contributed by atoms with Crippen LogP contribution in [0, 0.1) is 18.8 Å². The molecule has 11 rings (SSSR count). The first-order valence-electron chi connectivity index (χ1n) is 20.1. The SMILES string of the molecule is [Pt].[c-]1c(B(c2[c-]c(-n3c4ccccc4c4cccnc43)ccc2)c2c(-c3ccccc3)nn(-c3ccccc3)c2-c2ccccc2)cccc1N1C=CN(c2ccccc2)[CH-]1.